The molecule has 10 heteroatoms. The molecule has 0 bridgehead atoms. The number of amides is 1. The molecule has 1 N–H and O–H groups in total. The zero-order valence-electron chi connectivity index (χ0n) is 19.0. The Morgan fingerprint density at radius 3 is 2.39 bits per heavy atom. The van der Waals surface area contributed by atoms with E-state index in [1.54, 1.807) is 18.4 Å². The van der Waals surface area contributed by atoms with Crippen LogP contribution < -0.4 is 5.32 Å². The Bertz CT molecular complexity index is 829. The van der Waals surface area contributed by atoms with Crippen molar-refractivity contribution in [3.8, 4) is 0 Å². The lowest BCUT2D eigenvalue weighted by Crippen LogP contribution is -2.54. The Morgan fingerprint density at radius 1 is 0.970 bits per heavy atom. The van der Waals surface area contributed by atoms with Crippen molar-refractivity contribution in [3.05, 3.63) is 48.3 Å². The molecule has 0 saturated carbocycles. The number of guanidine groups is 1. The molecule has 2 aromatic heterocycles. The fourth-order valence-corrected chi connectivity index (χ4v) is 4.00. The van der Waals surface area contributed by atoms with E-state index >= 15 is 0 Å². The standard InChI is InChI=1S/C23H33N5O4.HI/c29-22(21-5-2-17-32-21)27-10-12-28(13-11-27)23(25-8-6-20-4-1-16-31-20)24-7-3-9-26-14-18-30-19-15-26;/h1-2,4-5,16-17H,3,6-15,18-19H2,(H,24,25);1H. The number of ether oxygens (including phenoxy) is 1. The van der Waals surface area contributed by atoms with Gasteiger partial charge in [0.05, 0.1) is 25.7 Å². The Hall–Kier alpha value is -2.05. The first kappa shape index (κ1) is 25.6. The Kier molecular flexibility index (Phi) is 10.5. The van der Waals surface area contributed by atoms with Gasteiger partial charge in [0.15, 0.2) is 11.7 Å². The number of furan rings is 2. The van der Waals surface area contributed by atoms with Crippen molar-refractivity contribution in [2.24, 2.45) is 4.99 Å². The summed E-state index contributed by atoms with van der Waals surface area (Å²) < 4.78 is 16.1. The van der Waals surface area contributed by atoms with Gasteiger partial charge in [0.1, 0.15) is 5.76 Å². The van der Waals surface area contributed by atoms with E-state index in [9.17, 15) is 4.79 Å². The van der Waals surface area contributed by atoms with Crippen LogP contribution in [0.5, 0.6) is 0 Å². The quantitative estimate of drug-likeness (QED) is 0.225. The molecule has 2 fully saturated rings. The van der Waals surface area contributed by atoms with E-state index in [-0.39, 0.29) is 29.9 Å². The Labute approximate surface area is 212 Å². The predicted octanol–water partition coefficient (Wildman–Crippen LogP) is 2.16. The number of hydrogen-bond acceptors (Lipinski definition) is 6. The van der Waals surface area contributed by atoms with Gasteiger partial charge in [0, 0.05) is 65.3 Å². The maximum Gasteiger partial charge on any atom is 0.289 e. The zero-order valence-corrected chi connectivity index (χ0v) is 21.3. The van der Waals surface area contributed by atoms with Crippen LogP contribution in [0.3, 0.4) is 0 Å². The van der Waals surface area contributed by atoms with Crippen molar-refractivity contribution < 1.29 is 18.4 Å². The molecule has 0 aliphatic carbocycles. The number of nitrogens with one attached hydrogen (secondary N) is 1. The Morgan fingerprint density at radius 2 is 1.70 bits per heavy atom. The summed E-state index contributed by atoms with van der Waals surface area (Å²) in [7, 11) is 0. The van der Waals surface area contributed by atoms with E-state index < -0.39 is 0 Å². The third-order valence-corrected chi connectivity index (χ3v) is 5.83. The van der Waals surface area contributed by atoms with Gasteiger partial charge >= 0.3 is 0 Å². The van der Waals surface area contributed by atoms with Gasteiger partial charge in [-0.3, -0.25) is 14.7 Å². The molecule has 1 amide bonds. The van der Waals surface area contributed by atoms with E-state index in [1.165, 1.54) is 6.26 Å². The topological polar surface area (TPSA) is 86.7 Å². The van der Waals surface area contributed by atoms with Crippen molar-refractivity contribution in [2.75, 3.05) is 72.1 Å². The summed E-state index contributed by atoms with van der Waals surface area (Å²) in [6.07, 6.45) is 5.05. The third-order valence-electron chi connectivity index (χ3n) is 5.83. The number of nitrogens with zero attached hydrogens (tertiary/aromatic N) is 4. The highest BCUT2D eigenvalue weighted by Crippen LogP contribution is 2.10. The van der Waals surface area contributed by atoms with Gasteiger partial charge in [-0.05, 0) is 30.7 Å². The van der Waals surface area contributed by atoms with Crippen LogP contribution in [0, 0.1) is 0 Å². The third kappa shape index (κ3) is 7.75. The van der Waals surface area contributed by atoms with Crippen molar-refractivity contribution in [1.82, 2.24) is 20.0 Å². The fourth-order valence-electron chi connectivity index (χ4n) is 4.00. The van der Waals surface area contributed by atoms with Gasteiger partial charge in [-0.1, -0.05) is 0 Å². The van der Waals surface area contributed by atoms with E-state index in [0.717, 1.165) is 83.6 Å². The lowest BCUT2D eigenvalue weighted by atomic mass is 10.3. The van der Waals surface area contributed by atoms with E-state index in [2.05, 4.69) is 15.1 Å². The molecule has 0 radical (unpaired) electrons. The smallest absolute Gasteiger partial charge is 0.289 e. The van der Waals surface area contributed by atoms with Gasteiger partial charge < -0.3 is 28.7 Å². The molecule has 2 aliphatic rings. The van der Waals surface area contributed by atoms with Gasteiger partial charge in [-0.25, -0.2) is 0 Å². The van der Waals surface area contributed by atoms with Crippen LogP contribution in [0.1, 0.15) is 22.7 Å². The summed E-state index contributed by atoms with van der Waals surface area (Å²) >= 11 is 0. The number of hydrogen-bond donors (Lipinski definition) is 1. The average Bonchev–Trinajstić information content (AvgIpc) is 3.56. The molecule has 2 aliphatic heterocycles. The highest BCUT2D eigenvalue weighted by atomic mass is 127. The molecule has 2 aromatic rings. The number of rotatable bonds is 8. The summed E-state index contributed by atoms with van der Waals surface area (Å²) in [6, 6.07) is 7.35. The van der Waals surface area contributed by atoms with Gasteiger partial charge in [-0.15, -0.1) is 24.0 Å². The number of halogens is 1. The predicted molar refractivity (Wildman–Crippen MR) is 136 cm³/mol. The van der Waals surface area contributed by atoms with Crippen LogP contribution in [0.25, 0.3) is 0 Å². The molecule has 182 valence electrons. The summed E-state index contributed by atoms with van der Waals surface area (Å²) in [5, 5.41) is 3.50. The minimum atomic E-state index is -0.0515. The fraction of sp³-hybridized carbons (Fsp3) is 0.565. The second-order valence-electron chi connectivity index (χ2n) is 8.03. The minimum absolute atomic E-state index is 0. The van der Waals surface area contributed by atoms with E-state index in [1.807, 2.05) is 17.0 Å². The molecule has 4 heterocycles. The number of carbonyl (C=O) groups excluding carboxylic acids is 1. The summed E-state index contributed by atoms with van der Waals surface area (Å²) in [6.45, 7) is 8.98. The van der Waals surface area contributed by atoms with Crippen LogP contribution >= 0.6 is 24.0 Å². The van der Waals surface area contributed by atoms with Crippen LogP contribution in [0.15, 0.2) is 50.6 Å². The second kappa shape index (κ2) is 13.6. The molecule has 9 nitrogen and oxygen atoms in total. The summed E-state index contributed by atoms with van der Waals surface area (Å²) in [5.74, 6) is 2.21. The lowest BCUT2D eigenvalue weighted by molar-refractivity contribution is 0.0377. The van der Waals surface area contributed by atoms with Crippen LogP contribution in [-0.4, -0.2) is 98.7 Å². The SMILES string of the molecule is I.O=C(c1ccco1)N1CCN(C(=NCCCN2CCOCC2)NCCc2ccco2)CC1. The van der Waals surface area contributed by atoms with Crippen LogP contribution in [-0.2, 0) is 11.2 Å². The van der Waals surface area contributed by atoms with E-state index in [0.29, 0.717) is 18.8 Å². The monoisotopic (exact) mass is 571 g/mol. The largest absolute Gasteiger partial charge is 0.469 e. The lowest BCUT2D eigenvalue weighted by Gasteiger charge is -2.36. The van der Waals surface area contributed by atoms with Crippen molar-refractivity contribution in [3.63, 3.8) is 0 Å². The summed E-state index contributed by atoms with van der Waals surface area (Å²) in [5.41, 5.74) is 0. The molecule has 4 rings (SSSR count). The molecular formula is C23H34IN5O4. The first-order valence-electron chi connectivity index (χ1n) is 11.5. The van der Waals surface area contributed by atoms with Crippen molar-refractivity contribution >= 4 is 35.8 Å². The zero-order chi connectivity index (χ0) is 22.0. The van der Waals surface area contributed by atoms with Gasteiger partial charge in [0.25, 0.3) is 5.91 Å². The molecule has 2 saturated heterocycles. The van der Waals surface area contributed by atoms with E-state index in [4.69, 9.17) is 18.6 Å². The second-order valence-corrected chi connectivity index (χ2v) is 8.03. The van der Waals surface area contributed by atoms with Crippen LogP contribution in [0.4, 0.5) is 0 Å². The minimum Gasteiger partial charge on any atom is -0.469 e. The number of aliphatic imine (C=N–C) groups is 1. The maximum atomic E-state index is 12.5. The first-order chi connectivity index (χ1) is 15.8. The molecule has 0 aromatic carbocycles. The molecule has 0 unspecified atom stereocenters. The van der Waals surface area contributed by atoms with Gasteiger partial charge in [0.2, 0.25) is 0 Å². The average molecular weight is 571 g/mol. The molecule has 0 spiro atoms. The number of morpholine rings is 1. The van der Waals surface area contributed by atoms with Crippen molar-refractivity contribution in [2.45, 2.75) is 12.8 Å². The van der Waals surface area contributed by atoms with Crippen molar-refractivity contribution in [1.29, 1.82) is 0 Å². The van der Waals surface area contributed by atoms with Gasteiger partial charge in [-0.2, -0.15) is 0 Å². The number of piperazine rings is 1. The molecule has 0 atom stereocenters. The highest BCUT2D eigenvalue weighted by molar-refractivity contribution is 14.0. The normalized spacial score (nSPS) is 17.6. The number of carbonyl (C=O) groups is 1. The molecular weight excluding hydrogens is 537 g/mol. The summed E-state index contributed by atoms with van der Waals surface area (Å²) in [4.78, 5) is 24.0. The van der Waals surface area contributed by atoms with Crippen LogP contribution in [0.2, 0.25) is 0 Å². The highest BCUT2D eigenvalue weighted by Gasteiger charge is 2.25. The first-order valence-corrected chi connectivity index (χ1v) is 11.5. The Balaban J connectivity index is 0.00000306. The molecule has 33 heavy (non-hydrogen) atoms. The maximum absolute atomic E-state index is 12.5.